The van der Waals surface area contributed by atoms with Gasteiger partial charge in [0.1, 0.15) is 0 Å². The molecule has 2 aliphatic carbocycles. The number of benzene rings is 1. The van der Waals surface area contributed by atoms with E-state index < -0.39 is 0 Å². The van der Waals surface area contributed by atoms with Gasteiger partial charge in [-0.25, -0.2) is 0 Å². The fraction of sp³-hybridized carbons (Fsp3) is 0.750. The van der Waals surface area contributed by atoms with Crippen molar-refractivity contribution in [2.24, 2.45) is 23.7 Å². The fourth-order valence-corrected chi connectivity index (χ4v) is 6.29. The first-order chi connectivity index (χ1) is 16.3. The number of hydrogen-bond donors (Lipinski definition) is 0. The molecule has 0 unspecified atom stereocenters. The molecule has 0 amide bonds. The molecule has 0 spiro atoms. The number of rotatable bonds is 15. The van der Waals surface area contributed by atoms with Crippen molar-refractivity contribution < 1.29 is 4.74 Å². The van der Waals surface area contributed by atoms with E-state index in [0.717, 1.165) is 43.3 Å². The van der Waals surface area contributed by atoms with Gasteiger partial charge in [-0.15, -0.1) is 6.58 Å². The number of unbranched alkanes of at least 4 members (excludes halogenated alkanes) is 2. The van der Waals surface area contributed by atoms with Gasteiger partial charge in [0.15, 0.2) is 0 Å². The third kappa shape index (κ3) is 10.4. The average Bonchev–Trinajstić information content (AvgIpc) is 2.87. The van der Waals surface area contributed by atoms with Crippen molar-refractivity contribution in [1.82, 2.24) is 0 Å². The lowest BCUT2D eigenvalue weighted by atomic mass is 9.77. The Balaban J connectivity index is 1.17. The van der Waals surface area contributed by atoms with Crippen molar-refractivity contribution in [3.63, 3.8) is 0 Å². The smallest absolute Gasteiger partial charge is 0.0716 e. The van der Waals surface area contributed by atoms with Crippen LogP contribution >= 0.6 is 0 Å². The third-order valence-corrected chi connectivity index (χ3v) is 8.63. The van der Waals surface area contributed by atoms with Crippen LogP contribution < -0.4 is 0 Å². The highest BCUT2D eigenvalue weighted by Gasteiger charge is 2.21. The van der Waals surface area contributed by atoms with E-state index in [4.69, 9.17) is 4.74 Å². The van der Waals surface area contributed by atoms with Gasteiger partial charge in [0.2, 0.25) is 0 Å². The SMILES string of the molecule is C=C[C@H]1CC[C@H](CCCCC2CCC(CCCCc3ccc(COCCC)cc3)CC2)CC1. The summed E-state index contributed by atoms with van der Waals surface area (Å²) >= 11 is 0. The predicted molar refractivity (Wildman–Crippen MR) is 144 cm³/mol. The lowest BCUT2D eigenvalue weighted by Crippen LogP contribution is -2.15. The van der Waals surface area contributed by atoms with Gasteiger partial charge in [-0.2, -0.15) is 0 Å². The van der Waals surface area contributed by atoms with Crippen LogP contribution in [0.3, 0.4) is 0 Å². The molecule has 0 heterocycles. The summed E-state index contributed by atoms with van der Waals surface area (Å²) < 4.78 is 5.64. The molecule has 0 aliphatic heterocycles. The zero-order valence-electron chi connectivity index (χ0n) is 21.7. The quantitative estimate of drug-likeness (QED) is 0.190. The molecule has 2 aliphatic rings. The first kappa shape index (κ1) is 26.5. The molecule has 1 aromatic rings. The molecule has 1 heteroatoms. The Morgan fingerprint density at radius 2 is 1.21 bits per heavy atom. The van der Waals surface area contributed by atoms with E-state index in [1.807, 2.05) is 0 Å². The zero-order valence-corrected chi connectivity index (χ0v) is 21.7. The van der Waals surface area contributed by atoms with Gasteiger partial charge in [-0.1, -0.05) is 101 Å². The summed E-state index contributed by atoms with van der Waals surface area (Å²) in [6, 6.07) is 9.11. The Morgan fingerprint density at radius 1 is 0.727 bits per heavy atom. The molecule has 0 aromatic heterocycles. The summed E-state index contributed by atoms with van der Waals surface area (Å²) in [5.41, 5.74) is 2.80. The molecule has 0 N–H and O–H groups in total. The van der Waals surface area contributed by atoms with E-state index >= 15 is 0 Å². The van der Waals surface area contributed by atoms with E-state index in [9.17, 15) is 0 Å². The maximum absolute atomic E-state index is 5.64. The average molecular weight is 453 g/mol. The Kier molecular flexibility index (Phi) is 12.7. The molecule has 0 bridgehead atoms. The minimum atomic E-state index is 0.758. The first-order valence-electron chi connectivity index (χ1n) is 14.5. The van der Waals surface area contributed by atoms with E-state index in [2.05, 4.69) is 43.8 Å². The second-order valence-electron chi connectivity index (χ2n) is 11.3. The van der Waals surface area contributed by atoms with Crippen molar-refractivity contribution >= 4 is 0 Å². The molecule has 1 nitrogen and oxygen atoms in total. The molecule has 1 aromatic carbocycles. The monoisotopic (exact) mass is 452 g/mol. The van der Waals surface area contributed by atoms with Crippen LogP contribution in [0.2, 0.25) is 0 Å². The highest BCUT2D eigenvalue weighted by Crippen LogP contribution is 2.36. The van der Waals surface area contributed by atoms with Crippen molar-refractivity contribution in [2.75, 3.05) is 6.61 Å². The van der Waals surface area contributed by atoms with Gasteiger partial charge in [0.05, 0.1) is 6.61 Å². The minimum Gasteiger partial charge on any atom is -0.377 e. The molecule has 2 fully saturated rings. The number of aryl methyl sites for hydroxylation is 1. The predicted octanol–water partition coefficient (Wildman–Crippen LogP) is 9.69. The largest absolute Gasteiger partial charge is 0.377 e. The van der Waals surface area contributed by atoms with Crippen molar-refractivity contribution in [3.8, 4) is 0 Å². The van der Waals surface area contributed by atoms with Gasteiger partial charge in [-0.3, -0.25) is 0 Å². The normalized spacial score (nSPS) is 25.7. The molecule has 3 rings (SSSR count). The van der Waals surface area contributed by atoms with Crippen LogP contribution in [0.5, 0.6) is 0 Å². The molecule has 186 valence electrons. The summed E-state index contributed by atoms with van der Waals surface area (Å²) in [7, 11) is 0. The Morgan fingerprint density at radius 3 is 1.73 bits per heavy atom. The van der Waals surface area contributed by atoms with E-state index in [-0.39, 0.29) is 0 Å². The lowest BCUT2D eigenvalue weighted by molar-refractivity contribution is 0.121. The Hall–Kier alpha value is -1.08. The summed E-state index contributed by atoms with van der Waals surface area (Å²) in [6.07, 6.45) is 26.5. The van der Waals surface area contributed by atoms with Crippen LogP contribution in [-0.2, 0) is 17.8 Å². The third-order valence-electron chi connectivity index (χ3n) is 8.63. The highest BCUT2D eigenvalue weighted by molar-refractivity contribution is 5.22. The molecule has 0 radical (unpaired) electrons. The van der Waals surface area contributed by atoms with E-state index in [1.165, 1.54) is 114 Å². The number of ether oxygens (including phenoxy) is 1. The second-order valence-corrected chi connectivity index (χ2v) is 11.3. The highest BCUT2D eigenvalue weighted by atomic mass is 16.5. The Labute approximate surface area is 205 Å². The van der Waals surface area contributed by atoms with Gasteiger partial charge in [0, 0.05) is 6.61 Å². The first-order valence-corrected chi connectivity index (χ1v) is 14.5. The van der Waals surface area contributed by atoms with Crippen molar-refractivity contribution in [1.29, 1.82) is 0 Å². The topological polar surface area (TPSA) is 9.23 Å². The number of allylic oxidation sites excluding steroid dienone is 1. The summed E-state index contributed by atoms with van der Waals surface area (Å²) in [5.74, 6) is 3.89. The van der Waals surface area contributed by atoms with Crippen LogP contribution in [0.1, 0.15) is 121 Å². The van der Waals surface area contributed by atoms with Gasteiger partial charge < -0.3 is 4.74 Å². The standard InChI is InChI=1S/C32H52O/c1-3-25-33-26-32-23-21-31(22-24-32)12-8-7-11-30-19-17-29(18-20-30)10-6-5-9-28-15-13-27(4-2)14-16-28/h4,21-24,27-30H,2-3,5-20,25-26H2,1H3/t27-,28-,29?,30?. The van der Waals surface area contributed by atoms with Crippen LogP contribution in [0, 0.1) is 23.7 Å². The summed E-state index contributed by atoms with van der Waals surface area (Å²) in [6.45, 7) is 7.76. The van der Waals surface area contributed by atoms with Crippen molar-refractivity contribution in [3.05, 3.63) is 48.0 Å². The van der Waals surface area contributed by atoms with E-state index in [1.54, 1.807) is 0 Å². The maximum atomic E-state index is 5.64. The molecule has 0 saturated heterocycles. The zero-order chi connectivity index (χ0) is 23.1. The van der Waals surface area contributed by atoms with Gasteiger partial charge in [0.25, 0.3) is 0 Å². The van der Waals surface area contributed by atoms with Crippen LogP contribution in [0.15, 0.2) is 36.9 Å². The molecule has 2 saturated carbocycles. The van der Waals surface area contributed by atoms with Gasteiger partial charge >= 0.3 is 0 Å². The fourth-order valence-electron chi connectivity index (χ4n) is 6.29. The molecular weight excluding hydrogens is 400 g/mol. The summed E-state index contributed by atoms with van der Waals surface area (Å²) in [4.78, 5) is 0. The van der Waals surface area contributed by atoms with Crippen LogP contribution in [0.25, 0.3) is 0 Å². The minimum absolute atomic E-state index is 0.758. The molecular formula is C32H52O. The van der Waals surface area contributed by atoms with Gasteiger partial charge in [-0.05, 0) is 79.7 Å². The Bertz CT molecular complexity index is 616. The van der Waals surface area contributed by atoms with E-state index in [0.29, 0.717) is 0 Å². The van der Waals surface area contributed by atoms with Crippen LogP contribution in [-0.4, -0.2) is 6.61 Å². The van der Waals surface area contributed by atoms with Crippen LogP contribution in [0.4, 0.5) is 0 Å². The number of hydrogen-bond acceptors (Lipinski definition) is 1. The molecule has 33 heavy (non-hydrogen) atoms. The second kappa shape index (κ2) is 15.8. The van der Waals surface area contributed by atoms with Crippen molar-refractivity contribution in [2.45, 2.75) is 123 Å². The lowest BCUT2D eigenvalue weighted by Gasteiger charge is -2.29. The maximum Gasteiger partial charge on any atom is 0.0716 e. The summed E-state index contributed by atoms with van der Waals surface area (Å²) in [5, 5.41) is 0. The molecule has 0 atom stereocenters.